The van der Waals surface area contributed by atoms with Gasteiger partial charge in [-0.3, -0.25) is 14.7 Å². The van der Waals surface area contributed by atoms with Crippen LogP contribution in [-0.2, 0) is 6.54 Å². The normalized spacial score (nSPS) is 14.9. The van der Waals surface area contributed by atoms with Crippen molar-refractivity contribution in [1.29, 1.82) is 0 Å². The minimum atomic E-state index is 0.0869. The van der Waals surface area contributed by atoms with Gasteiger partial charge in [-0.15, -0.1) is 11.3 Å². The zero-order valence-corrected chi connectivity index (χ0v) is 17.4. The maximum absolute atomic E-state index is 13.5. The average Bonchev–Trinajstić information content (AvgIpc) is 3.34. The van der Waals surface area contributed by atoms with Crippen LogP contribution in [0.3, 0.4) is 0 Å². The number of para-hydroxylation sites is 1. The number of fused-ring (bicyclic) bond motifs is 1. The number of carbonyl (C=O) groups is 1. The number of piperazine rings is 1. The van der Waals surface area contributed by atoms with Crippen LogP contribution in [0.5, 0.6) is 0 Å². The third kappa shape index (κ3) is 3.84. The number of nitrogens with zero attached hydrogens (tertiary/aromatic N) is 4. The number of aromatic nitrogens is 2. The van der Waals surface area contributed by atoms with Crippen molar-refractivity contribution in [1.82, 2.24) is 19.8 Å². The van der Waals surface area contributed by atoms with Crippen LogP contribution in [0.25, 0.3) is 21.5 Å². The molecule has 1 aliphatic rings. The van der Waals surface area contributed by atoms with Crippen molar-refractivity contribution in [3.05, 3.63) is 83.5 Å². The van der Waals surface area contributed by atoms with Gasteiger partial charge in [0, 0.05) is 44.3 Å². The fourth-order valence-electron chi connectivity index (χ4n) is 3.90. The molecule has 3 aromatic heterocycles. The minimum Gasteiger partial charge on any atom is -0.336 e. The van der Waals surface area contributed by atoms with Crippen molar-refractivity contribution in [2.24, 2.45) is 0 Å². The SMILES string of the molecule is O=C(c1cc(-c2cccs2)nc2ccccc12)N1CCN(Cc2ccccn2)CC1. The molecule has 150 valence electrons. The van der Waals surface area contributed by atoms with Gasteiger partial charge in [-0.2, -0.15) is 0 Å². The smallest absolute Gasteiger partial charge is 0.254 e. The average molecular weight is 415 g/mol. The number of carbonyl (C=O) groups excluding carboxylic acids is 1. The van der Waals surface area contributed by atoms with Gasteiger partial charge in [0.2, 0.25) is 0 Å². The first-order valence-electron chi connectivity index (χ1n) is 10.1. The number of thiophene rings is 1. The summed E-state index contributed by atoms with van der Waals surface area (Å²) >= 11 is 1.64. The van der Waals surface area contributed by atoms with Crippen molar-refractivity contribution in [3.63, 3.8) is 0 Å². The molecule has 0 atom stereocenters. The molecule has 30 heavy (non-hydrogen) atoms. The summed E-state index contributed by atoms with van der Waals surface area (Å²) in [6, 6.07) is 19.9. The van der Waals surface area contributed by atoms with Crippen LogP contribution in [0, 0.1) is 0 Å². The van der Waals surface area contributed by atoms with E-state index < -0.39 is 0 Å². The number of pyridine rings is 2. The number of amides is 1. The van der Waals surface area contributed by atoms with E-state index in [9.17, 15) is 4.79 Å². The van der Waals surface area contributed by atoms with Gasteiger partial charge in [0.15, 0.2) is 0 Å². The second-order valence-corrected chi connectivity index (χ2v) is 8.39. The van der Waals surface area contributed by atoms with E-state index in [4.69, 9.17) is 4.98 Å². The highest BCUT2D eigenvalue weighted by Crippen LogP contribution is 2.28. The molecule has 0 N–H and O–H groups in total. The van der Waals surface area contributed by atoms with Gasteiger partial charge in [0.1, 0.15) is 0 Å². The van der Waals surface area contributed by atoms with Gasteiger partial charge in [-0.1, -0.05) is 30.3 Å². The van der Waals surface area contributed by atoms with E-state index in [2.05, 4.69) is 9.88 Å². The summed E-state index contributed by atoms with van der Waals surface area (Å²) in [5.41, 5.74) is 3.53. The zero-order chi connectivity index (χ0) is 20.3. The molecule has 1 aliphatic heterocycles. The van der Waals surface area contributed by atoms with Crippen molar-refractivity contribution >= 4 is 28.1 Å². The van der Waals surface area contributed by atoms with Gasteiger partial charge in [0.25, 0.3) is 5.91 Å². The predicted octanol–water partition coefficient (Wildman–Crippen LogP) is 4.32. The van der Waals surface area contributed by atoms with E-state index >= 15 is 0 Å². The van der Waals surface area contributed by atoms with Crippen molar-refractivity contribution in [3.8, 4) is 10.6 Å². The van der Waals surface area contributed by atoms with E-state index in [1.807, 2.05) is 77.1 Å². The first kappa shape index (κ1) is 18.9. The van der Waals surface area contributed by atoms with Crippen molar-refractivity contribution < 1.29 is 4.79 Å². The van der Waals surface area contributed by atoms with Gasteiger partial charge >= 0.3 is 0 Å². The maximum atomic E-state index is 13.5. The molecule has 1 fully saturated rings. The monoisotopic (exact) mass is 414 g/mol. The van der Waals surface area contributed by atoms with Crippen molar-refractivity contribution in [2.45, 2.75) is 6.54 Å². The van der Waals surface area contributed by atoms with Gasteiger partial charge in [-0.05, 0) is 35.7 Å². The van der Waals surface area contributed by atoms with E-state index in [0.717, 1.165) is 65.5 Å². The Balaban J connectivity index is 1.37. The summed E-state index contributed by atoms with van der Waals surface area (Å²) in [6.45, 7) is 3.96. The Morgan fingerprint density at radius 2 is 1.80 bits per heavy atom. The lowest BCUT2D eigenvalue weighted by atomic mass is 10.1. The van der Waals surface area contributed by atoms with Crippen molar-refractivity contribution in [2.75, 3.05) is 26.2 Å². The molecule has 5 rings (SSSR count). The molecule has 4 heterocycles. The molecular weight excluding hydrogens is 392 g/mol. The second kappa shape index (κ2) is 8.34. The Morgan fingerprint density at radius 3 is 2.57 bits per heavy atom. The molecular formula is C24H22N4OS. The molecule has 0 spiro atoms. The van der Waals surface area contributed by atoms with Crippen LogP contribution < -0.4 is 0 Å². The molecule has 0 aliphatic carbocycles. The lowest BCUT2D eigenvalue weighted by molar-refractivity contribution is 0.0629. The predicted molar refractivity (Wildman–Crippen MR) is 120 cm³/mol. The summed E-state index contributed by atoms with van der Waals surface area (Å²) in [5.74, 6) is 0.0869. The molecule has 1 saturated heterocycles. The first-order valence-corrected chi connectivity index (χ1v) is 11.0. The van der Waals surface area contributed by atoms with Crippen LogP contribution in [0.1, 0.15) is 16.1 Å². The number of rotatable bonds is 4. The Labute approximate surface area is 179 Å². The van der Waals surface area contributed by atoms with Crippen LogP contribution in [0.15, 0.2) is 72.2 Å². The molecule has 1 amide bonds. The minimum absolute atomic E-state index is 0.0869. The third-order valence-corrected chi connectivity index (χ3v) is 6.38. The molecule has 0 saturated carbocycles. The largest absolute Gasteiger partial charge is 0.336 e. The Kier molecular flexibility index (Phi) is 5.26. The molecule has 6 heteroatoms. The second-order valence-electron chi connectivity index (χ2n) is 7.44. The summed E-state index contributed by atoms with van der Waals surface area (Å²) in [6.07, 6.45) is 1.83. The van der Waals surface area contributed by atoms with E-state index in [-0.39, 0.29) is 5.91 Å². The summed E-state index contributed by atoms with van der Waals surface area (Å²) in [4.78, 5) is 28.1. The number of benzene rings is 1. The summed E-state index contributed by atoms with van der Waals surface area (Å²) in [7, 11) is 0. The Hall–Kier alpha value is -3.09. The highest BCUT2D eigenvalue weighted by molar-refractivity contribution is 7.13. The molecule has 4 aromatic rings. The lowest BCUT2D eigenvalue weighted by Gasteiger charge is -2.34. The summed E-state index contributed by atoms with van der Waals surface area (Å²) in [5, 5.41) is 2.95. The van der Waals surface area contributed by atoms with E-state index in [1.165, 1.54) is 0 Å². The van der Waals surface area contributed by atoms with Gasteiger partial charge in [0.05, 0.1) is 27.3 Å². The zero-order valence-electron chi connectivity index (χ0n) is 16.6. The molecule has 0 unspecified atom stereocenters. The molecule has 0 bridgehead atoms. The lowest BCUT2D eigenvalue weighted by Crippen LogP contribution is -2.48. The highest BCUT2D eigenvalue weighted by atomic mass is 32.1. The first-order chi connectivity index (χ1) is 14.8. The van der Waals surface area contributed by atoms with Crippen LogP contribution in [-0.4, -0.2) is 51.9 Å². The Bertz CT molecular complexity index is 1150. The van der Waals surface area contributed by atoms with Crippen LogP contribution in [0.4, 0.5) is 0 Å². The summed E-state index contributed by atoms with van der Waals surface area (Å²) < 4.78 is 0. The maximum Gasteiger partial charge on any atom is 0.254 e. The Morgan fingerprint density at radius 1 is 0.967 bits per heavy atom. The molecule has 1 aromatic carbocycles. The fourth-order valence-corrected chi connectivity index (χ4v) is 4.59. The standard InChI is InChI=1S/C24H22N4OS/c29-24(28-13-11-27(12-14-28)17-18-6-3-4-10-25-18)20-16-22(23-9-5-15-30-23)26-21-8-2-1-7-19(20)21/h1-10,15-16H,11-14,17H2. The van der Waals surface area contributed by atoms with Crippen LogP contribution in [0.2, 0.25) is 0 Å². The van der Waals surface area contributed by atoms with E-state index in [0.29, 0.717) is 0 Å². The quantitative estimate of drug-likeness (QED) is 0.499. The number of hydrogen-bond donors (Lipinski definition) is 0. The van der Waals surface area contributed by atoms with Crippen LogP contribution >= 0.6 is 11.3 Å². The molecule has 5 nitrogen and oxygen atoms in total. The van der Waals surface area contributed by atoms with Gasteiger partial charge < -0.3 is 4.90 Å². The highest BCUT2D eigenvalue weighted by Gasteiger charge is 2.24. The van der Waals surface area contributed by atoms with E-state index in [1.54, 1.807) is 11.3 Å². The third-order valence-electron chi connectivity index (χ3n) is 5.49. The topological polar surface area (TPSA) is 49.3 Å². The van der Waals surface area contributed by atoms with Gasteiger partial charge in [-0.25, -0.2) is 4.98 Å². The molecule has 0 radical (unpaired) electrons. The fraction of sp³-hybridized carbons (Fsp3) is 0.208. The number of hydrogen-bond acceptors (Lipinski definition) is 5.